The second-order valence-electron chi connectivity index (χ2n) is 6.27. The lowest BCUT2D eigenvalue weighted by molar-refractivity contribution is -0.147. The zero-order valence-corrected chi connectivity index (χ0v) is 14.9. The van der Waals surface area contributed by atoms with Gasteiger partial charge in [0, 0.05) is 12.8 Å². The molecule has 0 fully saturated rings. The molecule has 5 nitrogen and oxygen atoms in total. The molecule has 26 heavy (non-hydrogen) atoms. The van der Waals surface area contributed by atoms with Crippen molar-refractivity contribution in [2.75, 3.05) is 6.54 Å². The Labute approximate surface area is 153 Å². The summed E-state index contributed by atoms with van der Waals surface area (Å²) < 4.78 is 5.27. The molecule has 1 aliphatic rings. The normalized spacial score (nSPS) is 13.4. The Morgan fingerprint density at radius 2 is 1.77 bits per heavy atom. The molecule has 0 bridgehead atoms. The van der Waals surface area contributed by atoms with Crippen molar-refractivity contribution in [1.29, 1.82) is 0 Å². The van der Waals surface area contributed by atoms with Crippen molar-refractivity contribution in [2.24, 2.45) is 5.10 Å². The largest absolute Gasteiger partial charge is 0.461 e. The fourth-order valence-electron chi connectivity index (χ4n) is 2.81. The highest BCUT2D eigenvalue weighted by atomic mass is 16.5. The SMILES string of the molecule is Cc1ccccc1COC(=O)CCC(=O)N1CCC(c2ccccc2)=N1. The summed E-state index contributed by atoms with van der Waals surface area (Å²) >= 11 is 0. The third kappa shape index (κ3) is 4.57. The molecular weight excluding hydrogens is 328 g/mol. The molecule has 2 aromatic carbocycles. The standard InChI is InChI=1S/C21H22N2O3/c1-16-7-5-6-10-18(16)15-26-21(25)12-11-20(24)23-14-13-19(22-23)17-8-3-2-4-9-17/h2-10H,11-15H2,1H3. The average molecular weight is 350 g/mol. The molecule has 0 atom stereocenters. The van der Waals surface area contributed by atoms with E-state index in [0.717, 1.165) is 28.8 Å². The van der Waals surface area contributed by atoms with Gasteiger partial charge in [0.2, 0.25) is 5.91 Å². The van der Waals surface area contributed by atoms with Crippen LogP contribution < -0.4 is 0 Å². The van der Waals surface area contributed by atoms with Crippen molar-refractivity contribution in [1.82, 2.24) is 5.01 Å². The van der Waals surface area contributed by atoms with E-state index in [1.807, 2.05) is 61.5 Å². The van der Waals surface area contributed by atoms with Gasteiger partial charge in [-0.2, -0.15) is 5.10 Å². The summed E-state index contributed by atoms with van der Waals surface area (Å²) in [6.45, 7) is 2.77. The second-order valence-corrected chi connectivity index (χ2v) is 6.27. The monoisotopic (exact) mass is 350 g/mol. The predicted molar refractivity (Wildman–Crippen MR) is 99.5 cm³/mol. The Kier molecular flexibility index (Phi) is 5.79. The van der Waals surface area contributed by atoms with Gasteiger partial charge in [-0.1, -0.05) is 54.6 Å². The highest BCUT2D eigenvalue weighted by Gasteiger charge is 2.22. The average Bonchev–Trinajstić information content (AvgIpc) is 3.16. The molecule has 0 spiro atoms. The van der Waals surface area contributed by atoms with Crippen molar-refractivity contribution >= 4 is 17.6 Å². The second kappa shape index (κ2) is 8.43. The summed E-state index contributed by atoms with van der Waals surface area (Å²) in [6.07, 6.45) is 0.906. The molecule has 0 saturated heterocycles. The molecule has 0 unspecified atom stereocenters. The van der Waals surface area contributed by atoms with Crippen LogP contribution in [0.25, 0.3) is 0 Å². The zero-order valence-electron chi connectivity index (χ0n) is 14.9. The van der Waals surface area contributed by atoms with Crippen LogP contribution in [-0.2, 0) is 20.9 Å². The number of carbonyl (C=O) groups excluding carboxylic acids is 2. The highest BCUT2D eigenvalue weighted by molar-refractivity contribution is 6.02. The summed E-state index contributed by atoms with van der Waals surface area (Å²) in [6, 6.07) is 17.6. The fraction of sp³-hybridized carbons (Fsp3) is 0.286. The lowest BCUT2D eigenvalue weighted by atomic mass is 10.1. The van der Waals surface area contributed by atoms with E-state index in [9.17, 15) is 9.59 Å². The predicted octanol–water partition coefficient (Wildman–Crippen LogP) is 3.46. The van der Waals surface area contributed by atoms with Crippen LogP contribution in [-0.4, -0.2) is 29.1 Å². The number of hydrogen-bond donors (Lipinski definition) is 0. The first-order valence-electron chi connectivity index (χ1n) is 8.77. The number of hydrogen-bond acceptors (Lipinski definition) is 4. The van der Waals surface area contributed by atoms with Crippen molar-refractivity contribution in [3.8, 4) is 0 Å². The molecule has 1 amide bonds. The van der Waals surface area contributed by atoms with Gasteiger partial charge in [-0.3, -0.25) is 9.59 Å². The van der Waals surface area contributed by atoms with E-state index in [-0.39, 0.29) is 31.3 Å². The Balaban J connectivity index is 1.46. The molecule has 3 rings (SSSR count). The van der Waals surface area contributed by atoms with Crippen LogP contribution in [0.4, 0.5) is 0 Å². The molecule has 0 saturated carbocycles. The number of nitrogens with zero attached hydrogens (tertiary/aromatic N) is 2. The Morgan fingerprint density at radius 3 is 2.54 bits per heavy atom. The molecule has 5 heteroatoms. The first-order valence-corrected chi connectivity index (χ1v) is 8.77. The number of ether oxygens (including phenoxy) is 1. The molecule has 1 aliphatic heterocycles. The molecule has 2 aromatic rings. The van der Waals surface area contributed by atoms with Gasteiger partial charge < -0.3 is 4.74 Å². The van der Waals surface area contributed by atoms with Gasteiger partial charge in [-0.15, -0.1) is 0 Å². The summed E-state index contributed by atoms with van der Waals surface area (Å²) in [7, 11) is 0. The maximum Gasteiger partial charge on any atom is 0.306 e. The van der Waals surface area contributed by atoms with Gasteiger partial charge in [-0.25, -0.2) is 5.01 Å². The van der Waals surface area contributed by atoms with E-state index in [4.69, 9.17) is 4.74 Å². The Hall–Kier alpha value is -2.95. The molecule has 0 aromatic heterocycles. The lowest BCUT2D eigenvalue weighted by Crippen LogP contribution is -2.24. The van der Waals surface area contributed by atoms with E-state index < -0.39 is 0 Å². The minimum absolute atomic E-state index is 0.0669. The van der Waals surface area contributed by atoms with E-state index in [1.165, 1.54) is 5.01 Å². The molecule has 1 heterocycles. The van der Waals surface area contributed by atoms with Crippen LogP contribution in [0.1, 0.15) is 36.0 Å². The number of esters is 1. The minimum atomic E-state index is -0.368. The van der Waals surface area contributed by atoms with Crippen molar-refractivity contribution in [3.63, 3.8) is 0 Å². The number of benzene rings is 2. The summed E-state index contributed by atoms with van der Waals surface area (Å²) in [4.78, 5) is 24.2. The van der Waals surface area contributed by atoms with Gasteiger partial charge in [0.1, 0.15) is 6.61 Å². The third-order valence-corrected chi connectivity index (χ3v) is 4.39. The molecular formula is C21H22N2O3. The van der Waals surface area contributed by atoms with Crippen LogP contribution in [0.15, 0.2) is 59.7 Å². The number of hydrazone groups is 1. The van der Waals surface area contributed by atoms with Crippen molar-refractivity contribution in [2.45, 2.75) is 32.8 Å². The van der Waals surface area contributed by atoms with Gasteiger partial charge in [0.25, 0.3) is 0 Å². The van der Waals surface area contributed by atoms with Gasteiger partial charge in [0.05, 0.1) is 18.7 Å². The Bertz CT molecular complexity index is 815. The third-order valence-electron chi connectivity index (χ3n) is 4.39. The first kappa shape index (κ1) is 17.9. The molecule has 0 radical (unpaired) electrons. The number of aryl methyl sites for hydroxylation is 1. The molecule has 0 aliphatic carbocycles. The maximum absolute atomic E-state index is 12.3. The Morgan fingerprint density at radius 1 is 1.04 bits per heavy atom. The van der Waals surface area contributed by atoms with Gasteiger partial charge >= 0.3 is 5.97 Å². The molecule has 0 N–H and O–H groups in total. The quantitative estimate of drug-likeness (QED) is 0.750. The van der Waals surface area contributed by atoms with Crippen molar-refractivity contribution in [3.05, 3.63) is 71.3 Å². The van der Waals surface area contributed by atoms with E-state index in [2.05, 4.69) is 5.10 Å². The lowest BCUT2D eigenvalue weighted by Gasteiger charge is -2.11. The highest BCUT2D eigenvalue weighted by Crippen LogP contribution is 2.15. The first-order chi connectivity index (χ1) is 12.6. The smallest absolute Gasteiger partial charge is 0.306 e. The topological polar surface area (TPSA) is 59.0 Å². The van der Waals surface area contributed by atoms with Crippen molar-refractivity contribution < 1.29 is 14.3 Å². The number of carbonyl (C=O) groups is 2. The van der Waals surface area contributed by atoms with E-state index in [1.54, 1.807) is 0 Å². The minimum Gasteiger partial charge on any atom is -0.461 e. The molecule has 134 valence electrons. The summed E-state index contributed by atoms with van der Waals surface area (Å²) in [5.41, 5.74) is 3.99. The van der Waals surface area contributed by atoms with Crippen LogP contribution in [0.2, 0.25) is 0 Å². The van der Waals surface area contributed by atoms with Crippen LogP contribution >= 0.6 is 0 Å². The number of rotatable bonds is 6. The van der Waals surface area contributed by atoms with Gasteiger partial charge in [0.15, 0.2) is 0 Å². The zero-order chi connectivity index (χ0) is 18.4. The fourth-order valence-corrected chi connectivity index (χ4v) is 2.81. The van der Waals surface area contributed by atoms with Crippen LogP contribution in [0.3, 0.4) is 0 Å². The van der Waals surface area contributed by atoms with Gasteiger partial charge in [-0.05, 0) is 23.6 Å². The summed E-state index contributed by atoms with van der Waals surface area (Å²) in [5, 5.41) is 5.84. The van der Waals surface area contributed by atoms with Crippen LogP contribution in [0, 0.1) is 6.92 Å². The summed E-state index contributed by atoms with van der Waals surface area (Å²) in [5.74, 6) is -0.517. The van der Waals surface area contributed by atoms with E-state index in [0.29, 0.717) is 6.54 Å². The maximum atomic E-state index is 12.3. The van der Waals surface area contributed by atoms with E-state index >= 15 is 0 Å². The van der Waals surface area contributed by atoms with Crippen LogP contribution in [0.5, 0.6) is 0 Å². The number of amides is 1.